The molecule has 0 aliphatic carbocycles. The van der Waals surface area contributed by atoms with Crippen LogP contribution < -0.4 is 0 Å². The van der Waals surface area contributed by atoms with E-state index < -0.39 is 0 Å². The summed E-state index contributed by atoms with van der Waals surface area (Å²) in [7, 11) is 0. The summed E-state index contributed by atoms with van der Waals surface area (Å²) in [6, 6.07) is 20.2. The fourth-order valence-corrected chi connectivity index (χ4v) is 2.42. The first-order valence-corrected chi connectivity index (χ1v) is 8.53. The van der Waals surface area contributed by atoms with Gasteiger partial charge in [0.25, 0.3) is 0 Å². The summed E-state index contributed by atoms with van der Waals surface area (Å²) in [6.45, 7) is 0. The van der Waals surface area contributed by atoms with E-state index in [1.54, 1.807) is 0 Å². The Kier molecular flexibility index (Phi) is 5.85. The quantitative estimate of drug-likeness (QED) is 0.451. The van der Waals surface area contributed by atoms with E-state index in [0.29, 0.717) is 15.0 Å². The fraction of sp³-hybridized carbons (Fsp3) is 0.111. The summed E-state index contributed by atoms with van der Waals surface area (Å²) < 4.78 is 0. The average molecular weight is 309 g/mol. The van der Waals surface area contributed by atoms with Crippen LogP contribution in [0, 0.1) is 23.7 Å². The normalized spacial score (nSPS) is 8.84. The van der Waals surface area contributed by atoms with Gasteiger partial charge in [-0.1, -0.05) is 0 Å². The van der Waals surface area contributed by atoms with E-state index in [0.717, 1.165) is 21.8 Å². The van der Waals surface area contributed by atoms with Gasteiger partial charge in [0, 0.05) is 0 Å². The fourth-order valence-electron chi connectivity index (χ4n) is 1.47. The molecule has 0 amide bonds. The molecule has 0 aliphatic heterocycles. The Hall–Kier alpha value is -1.92. The molecular weight excluding hydrogens is 295 g/mol. The van der Waals surface area contributed by atoms with E-state index in [9.17, 15) is 0 Å². The second-order valence-corrected chi connectivity index (χ2v) is 5.90. The topological polar surface area (TPSA) is 0 Å². The third kappa shape index (κ3) is 5.50. The molecule has 0 aromatic heterocycles. The van der Waals surface area contributed by atoms with Gasteiger partial charge in [0.2, 0.25) is 0 Å². The van der Waals surface area contributed by atoms with Gasteiger partial charge < -0.3 is 0 Å². The molecule has 92 valence electrons. The summed E-state index contributed by atoms with van der Waals surface area (Å²) in [6.07, 6.45) is 0. The van der Waals surface area contributed by atoms with Crippen LogP contribution in [0.25, 0.3) is 0 Å². The van der Waals surface area contributed by atoms with Crippen LogP contribution in [-0.2, 0) is 0 Å². The molecule has 2 rings (SSSR count). The maximum atomic E-state index is 3.21. The van der Waals surface area contributed by atoms with Crippen molar-refractivity contribution in [3.05, 3.63) is 71.8 Å². The Labute approximate surface area is 121 Å². The van der Waals surface area contributed by atoms with Gasteiger partial charge in [0.1, 0.15) is 0 Å². The SMILES string of the molecule is C(#Cc1ccccc1)C[Se]CC#Cc1ccccc1. The molecule has 0 aliphatic rings. The minimum atomic E-state index is 0.490. The molecule has 0 saturated heterocycles. The van der Waals surface area contributed by atoms with Gasteiger partial charge in [-0.3, -0.25) is 0 Å². The number of hydrogen-bond acceptors (Lipinski definition) is 0. The zero-order valence-electron chi connectivity index (χ0n) is 10.6. The molecule has 0 N–H and O–H groups in total. The van der Waals surface area contributed by atoms with E-state index in [2.05, 4.69) is 23.7 Å². The van der Waals surface area contributed by atoms with Crippen molar-refractivity contribution >= 4 is 15.0 Å². The summed E-state index contributed by atoms with van der Waals surface area (Å²) in [4.78, 5) is 0. The molecule has 0 spiro atoms. The van der Waals surface area contributed by atoms with Crippen LogP contribution in [0.1, 0.15) is 11.1 Å². The van der Waals surface area contributed by atoms with Gasteiger partial charge >= 0.3 is 121 Å². The Balaban J connectivity index is 1.71. The van der Waals surface area contributed by atoms with Crippen LogP contribution in [0.4, 0.5) is 0 Å². The second kappa shape index (κ2) is 8.23. The molecular formula is C18H14Se. The third-order valence-corrected chi connectivity index (χ3v) is 3.82. The minimum absolute atomic E-state index is 0.490. The summed E-state index contributed by atoms with van der Waals surface area (Å²) in [5.41, 5.74) is 2.18. The van der Waals surface area contributed by atoms with Gasteiger partial charge in [-0.25, -0.2) is 0 Å². The Morgan fingerprint density at radius 2 is 1.05 bits per heavy atom. The Bertz CT molecular complexity index is 549. The van der Waals surface area contributed by atoms with Gasteiger partial charge in [0.15, 0.2) is 0 Å². The van der Waals surface area contributed by atoms with Gasteiger partial charge in [-0.2, -0.15) is 0 Å². The summed E-state index contributed by atoms with van der Waals surface area (Å²) in [5.74, 6) is 12.8. The molecule has 0 heterocycles. The molecule has 2 aromatic rings. The molecule has 1 heteroatoms. The van der Waals surface area contributed by atoms with Crippen molar-refractivity contribution in [2.75, 3.05) is 0 Å². The van der Waals surface area contributed by atoms with Crippen molar-refractivity contribution in [1.29, 1.82) is 0 Å². The molecule has 0 radical (unpaired) electrons. The van der Waals surface area contributed by atoms with Gasteiger partial charge in [-0.15, -0.1) is 0 Å². The van der Waals surface area contributed by atoms with Crippen LogP contribution in [0.3, 0.4) is 0 Å². The first kappa shape index (κ1) is 13.5. The predicted octanol–water partition coefficient (Wildman–Crippen LogP) is 3.63. The average Bonchev–Trinajstić information content (AvgIpc) is 2.48. The Morgan fingerprint density at radius 1 is 0.632 bits per heavy atom. The van der Waals surface area contributed by atoms with Crippen molar-refractivity contribution in [3.8, 4) is 23.7 Å². The molecule has 19 heavy (non-hydrogen) atoms. The summed E-state index contributed by atoms with van der Waals surface area (Å²) >= 11 is 0.490. The van der Waals surface area contributed by atoms with Gasteiger partial charge in [-0.05, 0) is 0 Å². The van der Waals surface area contributed by atoms with E-state index in [4.69, 9.17) is 0 Å². The van der Waals surface area contributed by atoms with Crippen LogP contribution in [0.2, 0.25) is 10.6 Å². The van der Waals surface area contributed by atoms with Gasteiger partial charge in [0.05, 0.1) is 0 Å². The van der Waals surface area contributed by atoms with Crippen LogP contribution >= 0.6 is 0 Å². The standard InChI is InChI=1S/C18H14Se/c1-3-9-17(10-4-1)13-7-15-19-16-8-14-18-11-5-2-6-12-18/h1-6,9-12H,15-16H2. The van der Waals surface area contributed by atoms with Crippen molar-refractivity contribution in [3.63, 3.8) is 0 Å². The predicted molar refractivity (Wildman–Crippen MR) is 82.0 cm³/mol. The zero-order valence-corrected chi connectivity index (χ0v) is 12.3. The zero-order chi connectivity index (χ0) is 13.2. The van der Waals surface area contributed by atoms with Crippen LogP contribution in [-0.4, -0.2) is 15.0 Å². The molecule has 2 aromatic carbocycles. The van der Waals surface area contributed by atoms with Crippen molar-refractivity contribution in [2.24, 2.45) is 0 Å². The monoisotopic (exact) mass is 310 g/mol. The van der Waals surface area contributed by atoms with Crippen molar-refractivity contribution < 1.29 is 0 Å². The first-order chi connectivity index (χ1) is 9.45. The van der Waals surface area contributed by atoms with Crippen molar-refractivity contribution in [1.82, 2.24) is 0 Å². The third-order valence-electron chi connectivity index (χ3n) is 2.36. The maximum absolute atomic E-state index is 3.21. The number of benzene rings is 2. The van der Waals surface area contributed by atoms with Crippen LogP contribution in [0.5, 0.6) is 0 Å². The molecule has 0 fully saturated rings. The number of rotatable bonds is 2. The first-order valence-electron chi connectivity index (χ1n) is 6.11. The molecule has 0 saturated carbocycles. The van der Waals surface area contributed by atoms with E-state index in [1.807, 2.05) is 60.7 Å². The molecule has 0 nitrogen and oxygen atoms in total. The second-order valence-electron chi connectivity index (χ2n) is 3.83. The van der Waals surface area contributed by atoms with E-state index in [-0.39, 0.29) is 0 Å². The number of hydrogen-bond donors (Lipinski definition) is 0. The summed E-state index contributed by atoms with van der Waals surface area (Å²) in [5, 5.41) is 1.93. The van der Waals surface area contributed by atoms with Crippen molar-refractivity contribution in [2.45, 2.75) is 10.6 Å². The molecule has 0 atom stereocenters. The Morgan fingerprint density at radius 3 is 1.47 bits per heavy atom. The molecule has 0 unspecified atom stereocenters. The molecule has 0 bridgehead atoms. The van der Waals surface area contributed by atoms with E-state index >= 15 is 0 Å². The van der Waals surface area contributed by atoms with E-state index in [1.165, 1.54) is 0 Å². The van der Waals surface area contributed by atoms with Crippen LogP contribution in [0.15, 0.2) is 60.7 Å².